The van der Waals surface area contributed by atoms with E-state index in [2.05, 4.69) is 14.7 Å². The SMILES string of the molecule is Cc1noc(NS(=O)(=O)c2ccc(F)cc2N)n1. The molecule has 1 aromatic carbocycles. The van der Waals surface area contributed by atoms with Crippen LogP contribution in [0.4, 0.5) is 16.1 Å². The number of aryl methyl sites for hydroxylation is 1. The first-order valence-electron chi connectivity index (χ1n) is 4.76. The van der Waals surface area contributed by atoms with E-state index in [4.69, 9.17) is 5.73 Å². The Morgan fingerprint density at radius 1 is 1.44 bits per heavy atom. The Labute approximate surface area is 102 Å². The van der Waals surface area contributed by atoms with Crippen molar-refractivity contribution < 1.29 is 17.3 Å². The number of benzene rings is 1. The predicted molar refractivity (Wildman–Crippen MR) is 60.7 cm³/mol. The Morgan fingerprint density at radius 2 is 2.17 bits per heavy atom. The molecular formula is C9H9FN4O3S. The van der Waals surface area contributed by atoms with Gasteiger partial charge in [-0.15, -0.1) is 0 Å². The summed E-state index contributed by atoms with van der Waals surface area (Å²) in [6.07, 6.45) is 0. The smallest absolute Gasteiger partial charge is 0.335 e. The topological polar surface area (TPSA) is 111 Å². The summed E-state index contributed by atoms with van der Waals surface area (Å²) in [4.78, 5) is 3.42. The lowest BCUT2D eigenvalue weighted by Crippen LogP contribution is -2.15. The molecule has 18 heavy (non-hydrogen) atoms. The lowest BCUT2D eigenvalue weighted by Gasteiger charge is -2.06. The fraction of sp³-hybridized carbons (Fsp3) is 0.111. The molecule has 0 unspecified atom stereocenters. The van der Waals surface area contributed by atoms with Crippen molar-refractivity contribution >= 4 is 21.7 Å². The number of sulfonamides is 1. The Bertz CT molecular complexity index is 683. The number of nitrogen functional groups attached to an aromatic ring is 1. The molecule has 0 radical (unpaired) electrons. The van der Waals surface area contributed by atoms with Gasteiger partial charge in [-0.25, -0.2) is 17.5 Å². The first-order valence-corrected chi connectivity index (χ1v) is 6.25. The Kier molecular flexibility index (Phi) is 2.91. The fourth-order valence-corrected chi connectivity index (χ4v) is 2.31. The third-order valence-electron chi connectivity index (χ3n) is 2.01. The Hall–Kier alpha value is -2.16. The normalized spacial score (nSPS) is 11.4. The monoisotopic (exact) mass is 272 g/mol. The third kappa shape index (κ3) is 2.40. The van der Waals surface area contributed by atoms with Gasteiger partial charge in [0, 0.05) is 0 Å². The van der Waals surface area contributed by atoms with E-state index in [0.29, 0.717) is 0 Å². The summed E-state index contributed by atoms with van der Waals surface area (Å²) in [5.41, 5.74) is 5.23. The number of nitrogens with two attached hydrogens (primary N) is 1. The Morgan fingerprint density at radius 3 is 2.72 bits per heavy atom. The van der Waals surface area contributed by atoms with Gasteiger partial charge in [-0.2, -0.15) is 4.98 Å². The van der Waals surface area contributed by atoms with E-state index in [1.807, 2.05) is 4.72 Å². The van der Waals surface area contributed by atoms with Crippen LogP contribution in [0.15, 0.2) is 27.6 Å². The van der Waals surface area contributed by atoms with E-state index in [9.17, 15) is 12.8 Å². The molecule has 0 bridgehead atoms. The zero-order chi connectivity index (χ0) is 13.3. The number of aromatic nitrogens is 2. The van der Waals surface area contributed by atoms with Crippen LogP contribution in [0.5, 0.6) is 0 Å². The van der Waals surface area contributed by atoms with Gasteiger partial charge in [0.2, 0.25) is 0 Å². The molecule has 0 atom stereocenters. The van der Waals surface area contributed by atoms with Gasteiger partial charge in [0.25, 0.3) is 10.0 Å². The molecule has 3 N–H and O–H groups in total. The van der Waals surface area contributed by atoms with Crippen LogP contribution < -0.4 is 10.5 Å². The summed E-state index contributed by atoms with van der Waals surface area (Å²) in [5, 5.41) is 3.43. The first-order chi connectivity index (χ1) is 8.38. The highest BCUT2D eigenvalue weighted by Gasteiger charge is 2.20. The number of halogens is 1. The van der Waals surface area contributed by atoms with Crippen molar-refractivity contribution in [1.82, 2.24) is 10.1 Å². The molecule has 0 saturated heterocycles. The van der Waals surface area contributed by atoms with Crippen molar-refractivity contribution in [3.05, 3.63) is 29.8 Å². The number of hydrogen-bond acceptors (Lipinski definition) is 6. The van der Waals surface area contributed by atoms with E-state index in [0.717, 1.165) is 18.2 Å². The van der Waals surface area contributed by atoms with E-state index in [1.54, 1.807) is 0 Å². The summed E-state index contributed by atoms with van der Waals surface area (Å²) in [7, 11) is -3.99. The average Bonchev–Trinajstić information content (AvgIpc) is 2.62. The van der Waals surface area contributed by atoms with E-state index < -0.39 is 15.8 Å². The second kappa shape index (κ2) is 4.26. The van der Waals surface area contributed by atoms with Crippen LogP contribution in [0.25, 0.3) is 0 Å². The fourth-order valence-electron chi connectivity index (χ4n) is 1.27. The predicted octanol–water partition coefficient (Wildman–Crippen LogP) is 0.900. The van der Waals surface area contributed by atoms with Crippen molar-refractivity contribution in [2.24, 2.45) is 0 Å². The van der Waals surface area contributed by atoms with Crippen molar-refractivity contribution in [1.29, 1.82) is 0 Å². The maximum Gasteiger partial charge on any atom is 0.335 e. The van der Waals surface area contributed by atoms with Crippen LogP contribution in [-0.2, 0) is 10.0 Å². The molecule has 0 aliphatic heterocycles. The summed E-state index contributed by atoms with van der Waals surface area (Å²) in [6.45, 7) is 1.54. The minimum absolute atomic E-state index is 0.210. The van der Waals surface area contributed by atoms with E-state index in [-0.39, 0.29) is 22.4 Å². The highest BCUT2D eigenvalue weighted by atomic mass is 32.2. The van der Waals surface area contributed by atoms with Gasteiger partial charge in [0.15, 0.2) is 5.82 Å². The lowest BCUT2D eigenvalue weighted by atomic mass is 10.3. The highest BCUT2D eigenvalue weighted by Crippen LogP contribution is 2.21. The number of hydrogen-bond donors (Lipinski definition) is 2. The molecule has 9 heteroatoms. The molecule has 7 nitrogen and oxygen atoms in total. The zero-order valence-corrected chi connectivity index (χ0v) is 10.0. The minimum Gasteiger partial charge on any atom is -0.398 e. The van der Waals surface area contributed by atoms with Gasteiger partial charge in [-0.05, 0) is 25.1 Å². The largest absolute Gasteiger partial charge is 0.398 e. The molecule has 96 valence electrons. The molecule has 0 aliphatic rings. The summed E-state index contributed by atoms with van der Waals surface area (Å²) < 4.78 is 43.3. The van der Waals surface area contributed by atoms with E-state index >= 15 is 0 Å². The van der Waals surface area contributed by atoms with Crippen molar-refractivity contribution in [2.45, 2.75) is 11.8 Å². The number of anilines is 2. The van der Waals surface area contributed by atoms with Crippen LogP contribution in [0.2, 0.25) is 0 Å². The molecule has 0 saturated carbocycles. The Balaban J connectivity index is 2.36. The quantitative estimate of drug-likeness (QED) is 0.803. The molecule has 0 amide bonds. The maximum atomic E-state index is 12.8. The molecule has 2 rings (SSSR count). The molecule has 1 heterocycles. The van der Waals surface area contributed by atoms with Gasteiger partial charge in [0.05, 0.1) is 5.69 Å². The molecular weight excluding hydrogens is 263 g/mol. The summed E-state index contributed by atoms with van der Waals surface area (Å²) >= 11 is 0. The zero-order valence-electron chi connectivity index (χ0n) is 9.21. The van der Waals surface area contributed by atoms with Crippen molar-refractivity contribution in [3.63, 3.8) is 0 Å². The van der Waals surface area contributed by atoms with E-state index in [1.165, 1.54) is 6.92 Å². The average molecular weight is 272 g/mol. The standard InChI is InChI=1S/C9H9FN4O3S/c1-5-12-9(17-13-5)14-18(15,16)8-3-2-6(10)4-7(8)11/h2-4H,11H2,1H3,(H,12,13,14). The number of nitrogens with one attached hydrogen (secondary N) is 1. The summed E-state index contributed by atoms with van der Waals surface area (Å²) in [6, 6.07) is 2.67. The third-order valence-corrected chi connectivity index (χ3v) is 3.40. The maximum absolute atomic E-state index is 12.8. The van der Waals surface area contributed by atoms with Gasteiger partial charge in [-0.1, -0.05) is 5.16 Å². The first kappa shape index (κ1) is 12.3. The minimum atomic E-state index is -3.99. The second-order valence-corrected chi connectivity index (χ2v) is 5.09. The van der Waals surface area contributed by atoms with Crippen molar-refractivity contribution in [3.8, 4) is 0 Å². The molecule has 2 aromatic rings. The van der Waals surface area contributed by atoms with Crippen molar-refractivity contribution in [2.75, 3.05) is 10.5 Å². The lowest BCUT2D eigenvalue weighted by molar-refractivity contribution is 0.429. The molecule has 1 aromatic heterocycles. The number of rotatable bonds is 3. The molecule has 0 fully saturated rings. The highest BCUT2D eigenvalue weighted by molar-refractivity contribution is 7.92. The van der Waals surface area contributed by atoms with Crippen LogP contribution >= 0.6 is 0 Å². The summed E-state index contributed by atoms with van der Waals surface area (Å²) in [5.74, 6) is -0.347. The number of nitrogens with zero attached hydrogens (tertiary/aromatic N) is 2. The van der Waals surface area contributed by atoms with Crippen LogP contribution in [0.3, 0.4) is 0 Å². The van der Waals surface area contributed by atoms with Gasteiger partial charge in [0.1, 0.15) is 10.7 Å². The van der Waals surface area contributed by atoms with Gasteiger partial charge in [-0.3, -0.25) is 0 Å². The van der Waals surface area contributed by atoms with Crippen LogP contribution in [0, 0.1) is 12.7 Å². The molecule has 0 spiro atoms. The van der Waals surface area contributed by atoms with Gasteiger partial charge >= 0.3 is 6.01 Å². The second-order valence-electron chi connectivity index (χ2n) is 3.43. The van der Waals surface area contributed by atoms with Crippen LogP contribution in [0.1, 0.15) is 5.82 Å². The van der Waals surface area contributed by atoms with Crippen LogP contribution in [-0.4, -0.2) is 18.6 Å². The van der Waals surface area contributed by atoms with Gasteiger partial charge < -0.3 is 10.3 Å². The molecule has 0 aliphatic carbocycles.